The number of carbonyl (C=O) groups is 2. The molecule has 0 aliphatic rings. The average molecular weight is 280 g/mol. The first-order chi connectivity index (χ1) is 9.49. The van der Waals surface area contributed by atoms with E-state index in [4.69, 9.17) is 9.84 Å². The van der Waals surface area contributed by atoms with E-state index in [1.807, 2.05) is 13.8 Å². The van der Waals surface area contributed by atoms with Crippen LogP contribution >= 0.6 is 0 Å². The van der Waals surface area contributed by atoms with Crippen molar-refractivity contribution in [2.24, 2.45) is 0 Å². The minimum Gasteiger partial charge on any atom is -0.478 e. The summed E-state index contributed by atoms with van der Waals surface area (Å²) in [4.78, 5) is 24.7. The molecule has 2 amide bonds. The van der Waals surface area contributed by atoms with Gasteiger partial charge >= 0.3 is 12.0 Å². The normalized spacial score (nSPS) is 11.8. The van der Waals surface area contributed by atoms with E-state index < -0.39 is 5.97 Å². The molecule has 0 spiro atoms. The highest BCUT2D eigenvalue weighted by Gasteiger charge is 2.18. The molecule has 0 aromatic heterocycles. The van der Waals surface area contributed by atoms with Crippen molar-refractivity contribution in [2.45, 2.75) is 19.9 Å². The van der Waals surface area contributed by atoms with Gasteiger partial charge in [0, 0.05) is 19.3 Å². The molecule has 0 heterocycles. The fourth-order valence-corrected chi connectivity index (χ4v) is 1.91. The van der Waals surface area contributed by atoms with Crippen LogP contribution < -0.4 is 5.32 Å². The van der Waals surface area contributed by atoms with Gasteiger partial charge in [-0.2, -0.15) is 0 Å². The van der Waals surface area contributed by atoms with Crippen molar-refractivity contribution < 1.29 is 19.4 Å². The number of carboxylic acid groups (broad SMARTS) is 1. The number of likely N-dealkylation sites (N-methyl/N-ethyl adjacent to an activating group) is 1. The first kappa shape index (κ1) is 16.0. The molecule has 1 aromatic carbocycles. The number of urea groups is 1. The van der Waals surface area contributed by atoms with Crippen LogP contribution in [-0.2, 0) is 4.74 Å². The number of carboxylic acids is 1. The number of ether oxygens (including phenoxy) is 1. The molecule has 0 radical (unpaired) electrons. The fourth-order valence-electron chi connectivity index (χ4n) is 1.91. The molecule has 110 valence electrons. The summed E-state index contributed by atoms with van der Waals surface area (Å²) < 4.78 is 5.04. The van der Waals surface area contributed by atoms with E-state index in [0.717, 1.165) is 0 Å². The van der Waals surface area contributed by atoms with Crippen LogP contribution in [0.15, 0.2) is 24.3 Å². The molecule has 1 rings (SSSR count). The molecule has 1 atom stereocenters. The minimum atomic E-state index is -1.03. The first-order valence-electron chi connectivity index (χ1n) is 6.39. The lowest BCUT2D eigenvalue weighted by Crippen LogP contribution is -2.43. The van der Waals surface area contributed by atoms with Gasteiger partial charge < -0.3 is 20.1 Å². The number of methoxy groups -OCH3 is 1. The van der Waals surface area contributed by atoms with Crippen LogP contribution in [0.3, 0.4) is 0 Å². The lowest BCUT2D eigenvalue weighted by atomic mass is 10.2. The first-order valence-corrected chi connectivity index (χ1v) is 6.39. The van der Waals surface area contributed by atoms with Crippen LogP contribution in [0, 0.1) is 0 Å². The second-order valence-electron chi connectivity index (χ2n) is 4.41. The van der Waals surface area contributed by atoms with E-state index in [1.165, 1.54) is 12.1 Å². The zero-order valence-electron chi connectivity index (χ0n) is 11.9. The van der Waals surface area contributed by atoms with Crippen LogP contribution in [0.2, 0.25) is 0 Å². The monoisotopic (exact) mass is 280 g/mol. The Labute approximate surface area is 118 Å². The Kier molecular flexibility index (Phi) is 5.99. The average Bonchev–Trinajstić information content (AvgIpc) is 2.40. The maximum atomic E-state index is 12.2. The second-order valence-corrected chi connectivity index (χ2v) is 4.41. The van der Waals surface area contributed by atoms with Gasteiger partial charge in [0.15, 0.2) is 0 Å². The number of hydrogen-bond donors (Lipinski definition) is 2. The lowest BCUT2D eigenvalue weighted by molar-refractivity contribution is 0.0697. The SMILES string of the molecule is CCN(C(=O)Nc1cccc(C(=O)O)c1)C(C)COC. The van der Waals surface area contributed by atoms with Gasteiger partial charge in [0.2, 0.25) is 0 Å². The molecule has 20 heavy (non-hydrogen) atoms. The van der Waals surface area contributed by atoms with E-state index in [0.29, 0.717) is 18.8 Å². The van der Waals surface area contributed by atoms with Crippen molar-refractivity contribution in [3.63, 3.8) is 0 Å². The summed E-state index contributed by atoms with van der Waals surface area (Å²) in [5, 5.41) is 11.6. The number of aromatic carboxylic acids is 1. The van der Waals surface area contributed by atoms with Crippen molar-refractivity contribution in [3.8, 4) is 0 Å². The number of hydrogen-bond acceptors (Lipinski definition) is 3. The smallest absolute Gasteiger partial charge is 0.335 e. The fraction of sp³-hybridized carbons (Fsp3) is 0.429. The number of nitrogens with one attached hydrogen (secondary N) is 1. The number of nitrogens with zero attached hydrogens (tertiary/aromatic N) is 1. The molecule has 0 fully saturated rings. The molecule has 2 N–H and O–H groups in total. The molecule has 1 aromatic rings. The molecular formula is C14H20N2O4. The largest absolute Gasteiger partial charge is 0.478 e. The highest BCUT2D eigenvalue weighted by Crippen LogP contribution is 2.12. The predicted molar refractivity (Wildman–Crippen MR) is 76.1 cm³/mol. The van der Waals surface area contributed by atoms with Crippen molar-refractivity contribution >= 4 is 17.7 Å². The molecule has 0 saturated heterocycles. The summed E-state index contributed by atoms with van der Waals surface area (Å²) in [6.45, 7) is 4.74. The Morgan fingerprint density at radius 1 is 1.45 bits per heavy atom. The maximum Gasteiger partial charge on any atom is 0.335 e. The Morgan fingerprint density at radius 3 is 2.70 bits per heavy atom. The van der Waals surface area contributed by atoms with E-state index >= 15 is 0 Å². The zero-order chi connectivity index (χ0) is 15.1. The second kappa shape index (κ2) is 7.49. The Balaban J connectivity index is 2.78. The predicted octanol–water partition coefficient (Wildman–Crippen LogP) is 2.27. The van der Waals surface area contributed by atoms with Crippen LogP contribution in [-0.4, -0.2) is 48.3 Å². The van der Waals surface area contributed by atoms with Crippen LogP contribution in [0.4, 0.5) is 10.5 Å². The summed E-state index contributed by atoms with van der Waals surface area (Å²) in [6, 6.07) is 5.80. The highest BCUT2D eigenvalue weighted by atomic mass is 16.5. The van der Waals surface area contributed by atoms with E-state index in [-0.39, 0.29) is 17.6 Å². The molecule has 6 nitrogen and oxygen atoms in total. The third-order valence-electron chi connectivity index (χ3n) is 2.90. The van der Waals surface area contributed by atoms with Gasteiger partial charge in [-0.05, 0) is 32.0 Å². The molecule has 0 bridgehead atoms. The number of rotatable bonds is 6. The maximum absolute atomic E-state index is 12.2. The van der Waals surface area contributed by atoms with Gasteiger partial charge in [-0.25, -0.2) is 9.59 Å². The third-order valence-corrected chi connectivity index (χ3v) is 2.90. The standard InChI is InChI=1S/C14H20N2O4/c1-4-16(10(2)9-20-3)14(19)15-12-7-5-6-11(8-12)13(17)18/h5-8,10H,4,9H2,1-3H3,(H,15,19)(H,17,18). The molecule has 1 unspecified atom stereocenters. The Bertz CT molecular complexity index is 476. The molecular weight excluding hydrogens is 260 g/mol. The van der Waals surface area contributed by atoms with Gasteiger partial charge in [0.25, 0.3) is 0 Å². The summed E-state index contributed by atoms with van der Waals surface area (Å²) in [5.74, 6) is -1.03. The van der Waals surface area contributed by atoms with Gasteiger partial charge in [-0.3, -0.25) is 0 Å². The van der Waals surface area contributed by atoms with Crippen molar-refractivity contribution in [1.29, 1.82) is 0 Å². The topological polar surface area (TPSA) is 78.9 Å². The van der Waals surface area contributed by atoms with E-state index in [9.17, 15) is 9.59 Å². The molecule has 0 saturated carbocycles. The quantitative estimate of drug-likeness (QED) is 0.837. The summed E-state index contributed by atoms with van der Waals surface area (Å²) in [6.07, 6.45) is 0. The van der Waals surface area contributed by atoms with Crippen molar-refractivity contribution in [3.05, 3.63) is 29.8 Å². The van der Waals surface area contributed by atoms with E-state index in [2.05, 4.69) is 5.32 Å². The minimum absolute atomic E-state index is 0.0624. The van der Waals surface area contributed by atoms with Crippen molar-refractivity contribution in [2.75, 3.05) is 25.6 Å². The van der Waals surface area contributed by atoms with Crippen LogP contribution in [0.25, 0.3) is 0 Å². The number of anilines is 1. The zero-order valence-corrected chi connectivity index (χ0v) is 11.9. The van der Waals surface area contributed by atoms with Gasteiger partial charge in [-0.1, -0.05) is 6.07 Å². The Hall–Kier alpha value is -2.08. The number of amides is 2. The van der Waals surface area contributed by atoms with E-state index in [1.54, 1.807) is 24.1 Å². The number of benzene rings is 1. The van der Waals surface area contributed by atoms with Gasteiger partial charge in [-0.15, -0.1) is 0 Å². The molecule has 6 heteroatoms. The summed E-state index contributed by atoms with van der Waals surface area (Å²) in [5.41, 5.74) is 0.591. The molecule has 0 aliphatic carbocycles. The van der Waals surface area contributed by atoms with Gasteiger partial charge in [0.1, 0.15) is 0 Å². The van der Waals surface area contributed by atoms with Crippen LogP contribution in [0.5, 0.6) is 0 Å². The Morgan fingerprint density at radius 2 is 2.15 bits per heavy atom. The molecule has 0 aliphatic heterocycles. The number of carbonyl (C=O) groups excluding carboxylic acids is 1. The summed E-state index contributed by atoms with van der Waals surface area (Å²) >= 11 is 0. The lowest BCUT2D eigenvalue weighted by Gasteiger charge is -2.27. The van der Waals surface area contributed by atoms with Gasteiger partial charge in [0.05, 0.1) is 18.2 Å². The third kappa shape index (κ3) is 4.24. The highest BCUT2D eigenvalue weighted by molar-refractivity contribution is 5.93. The van der Waals surface area contributed by atoms with Crippen LogP contribution in [0.1, 0.15) is 24.2 Å². The summed E-state index contributed by atoms with van der Waals surface area (Å²) in [7, 11) is 1.58. The van der Waals surface area contributed by atoms with Crippen molar-refractivity contribution in [1.82, 2.24) is 4.90 Å².